The molecule has 29 heavy (non-hydrogen) atoms. The molecule has 3 rings (SSSR count). The van der Waals surface area contributed by atoms with E-state index in [-0.39, 0.29) is 11.7 Å². The molecule has 8 heteroatoms. The monoisotopic (exact) mass is 417 g/mol. The summed E-state index contributed by atoms with van der Waals surface area (Å²) in [7, 11) is 7.05. The van der Waals surface area contributed by atoms with Crippen LogP contribution in [0, 0.1) is 5.82 Å². The first kappa shape index (κ1) is 21.0. The Kier molecular flexibility index (Phi) is 6.66. The topological polar surface area (TPSA) is 54.9 Å². The maximum Gasteiger partial charge on any atom is 0.260 e. The zero-order valence-electron chi connectivity index (χ0n) is 16.9. The number of ether oxygens (including phenoxy) is 2. The summed E-state index contributed by atoms with van der Waals surface area (Å²) in [5.41, 5.74) is 1.14. The predicted octanol–water partition coefficient (Wildman–Crippen LogP) is 4.05. The van der Waals surface area contributed by atoms with Crippen LogP contribution in [-0.4, -0.2) is 57.2 Å². The maximum absolute atomic E-state index is 13.6. The van der Waals surface area contributed by atoms with Crippen LogP contribution < -0.4 is 14.4 Å². The second-order valence-electron chi connectivity index (χ2n) is 6.79. The summed E-state index contributed by atoms with van der Waals surface area (Å²) < 4.78 is 24.9. The smallest absolute Gasteiger partial charge is 0.260 e. The van der Waals surface area contributed by atoms with Crippen molar-refractivity contribution in [1.29, 1.82) is 0 Å². The first-order valence-corrected chi connectivity index (χ1v) is 9.99. The number of amides is 1. The van der Waals surface area contributed by atoms with Gasteiger partial charge in [-0.3, -0.25) is 9.69 Å². The third kappa shape index (κ3) is 4.83. The summed E-state index contributed by atoms with van der Waals surface area (Å²) in [6.45, 7) is 1.32. The largest absolute Gasteiger partial charge is 0.493 e. The summed E-state index contributed by atoms with van der Waals surface area (Å²) >= 11 is 1.30. The third-order valence-electron chi connectivity index (χ3n) is 4.43. The zero-order chi connectivity index (χ0) is 21.0. The van der Waals surface area contributed by atoms with E-state index in [9.17, 15) is 9.18 Å². The van der Waals surface area contributed by atoms with Crippen molar-refractivity contribution in [2.75, 3.05) is 46.3 Å². The molecule has 0 saturated carbocycles. The van der Waals surface area contributed by atoms with Crippen LogP contribution in [0.4, 0.5) is 9.52 Å². The van der Waals surface area contributed by atoms with Crippen molar-refractivity contribution in [3.8, 4) is 11.5 Å². The van der Waals surface area contributed by atoms with Crippen molar-refractivity contribution < 1.29 is 18.7 Å². The molecule has 0 N–H and O–H groups in total. The molecule has 0 aliphatic carbocycles. The highest BCUT2D eigenvalue weighted by Gasteiger charge is 2.22. The molecule has 0 atom stereocenters. The third-order valence-corrected chi connectivity index (χ3v) is 5.47. The molecule has 0 radical (unpaired) electrons. The number of carbonyl (C=O) groups excluding carboxylic acids is 1. The average molecular weight is 418 g/mol. The Bertz CT molecular complexity index is 1010. The molecule has 0 fully saturated rings. The van der Waals surface area contributed by atoms with Crippen LogP contribution in [0.2, 0.25) is 0 Å². The molecule has 0 unspecified atom stereocenters. The number of halogens is 1. The number of hydrogen-bond donors (Lipinski definition) is 0. The number of nitrogens with zero attached hydrogens (tertiary/aromatic N) is 3. The number of hydrogen-bond acceptors (Lipinski definition) is 6. The Balaban J connectivity index is 1.96. The zero-order valence-corrected chi connectivity index (χ0v) is 17.8. The summed E-state index contributed by atoms with van der Waals surface area (Å²) in [6.07, 6.45) is 0.774. The second-order valence-corrected chi connectivity index (χ2v) is 7.80. The Labute approximate surface area is 173 Å². The van der Waals surface area contributed by atoms with E-state index in [1.54, 1.807) is 36.3 Å². The van der Waals surface area contributed by atoms with Crippen LogP contribution in [0.15, 0.2) is 36.4 Å². The van der Waals surface area contributed by atoms with Crippen molar-refractivity contribution in [2.45, 2.75) is 6.42 Å². The van der Waals surface area contributed by atoms with E-state index in [4.69, 9.17) is 9.47 Å². The van der Waals surface area contributed by atoms with Crippen molar-refractivity contribution >= 4 is 32.6 Å². The van der Waals surface area contributed by atoms with Crippen LogP contribution in [-0.2, 0) is 0 Å². The summed E-state index contributed by atoms with van der Waals surface area (Å²) in [4.78, 5) is 21.6. The molecule has 1 aromatic heterocycles. The number of rotatable bonds is 8. The first-order chi connectivity index (χ1) is 13.9. The number of fused-ring (bicyclic) bond motifs is 1. The van der Waals surface area contributed by atoms with Crippen LogP contribution in [0.3, 0.4) is 0 Å². The van der Waals surface area contributed by atoms with Crippen molar-refractivity contribution in [1.82, 2.24) is 9.88 Å². The van der Waals surface area contributed by atoms with Gasteiger partial charge in [0.25, 0.3) is 5.91 Å². The van der Waals surface area contributed by atoms with Crippen LogP contribution >= 0.6 is 11.3 Å². The Morgan fingerprint density at radius 2 is 1.83 bits per heavy atom. The van der Waals surface area contributed by atoms with E-state index in [1.165, 1.54) is 30.6 Å². The van der Waals surface area contributed by atoms with Gasteiger partial charge in [-0.25, -0.2) is 9.37 Å². The van der Waals surface area contributed by atoms with Crippen LogP contribution in [0.25, 0.3) is 10.2 Å². The SMILES string of the molecule is COc1ccc(C(=O)N(CCCN(C)C)c2nc3ccc(F)cc3s2)cc1OC. The summed E-state index contributed by atoms with van der Waals surface area (Å²) in [5, 5.41) is 0.546. The fraction of sp³-hybridized carbons (Fsp3) is 0.333. The highest BCUT2D eigenvalue weighted by molar-refractivity contribution is 7.22. The van der Waals surface area contributed by atoms with Gasteiger partial charge in [0.05, 0.1) is 24.4 Å². The Hall–Kier alpha value is -2.71. The minimum absolute atomic E-state index is 0.191. The lowest BCUT2D eigenvalue weighted by molar-refractivity contribution is 0.0985. The van der Waals surface area contributed by atoms with Gasteiger partial charge in [0.2, 0.25) is 0 Å². The fourth-order valence-electron chi connectivity index (χ4n) is 2.96. The number of aromatic nitrogens is 1. The Morgan fingerprint density at radius 1 is 1.07 bits per heavy atom. The van der Waals surface area contributed by atoms with E-state index >= 15 is 0 Å². The maximum atomic E-state index is 13.6. The van der Waals surface area contributed by atoms with Gasteiger partial charge in [-0.05, 0) is 63.5 Å². The van der Waals surface area contributed by atoms with Crippen LogP contribution in [0.5, 0.6) is 11.5 Å². The molecule has 3 aromatic rings. The minimum Gasteiger partial charge on any atom is -0.493 e. The van der Waals surface area contributed by atoms with Gasteiger partial charge in [0.1, 0.15) is 5.82 Å². The molecule has 6 nitrogen and oxygen atoms in total. The van der Waals surface area contributed by atoms with Gasteiger partial charge >= 0.3 is 0 Å². The molecule has 1 heterocycles. The van der Waals surface area contributed by atoms with Crippen molar-refractivity contribution in [2.24, 2.45) is 0 Å². The highest BCUT2D eigenvalue weighted by atomic mass is 32.1. The summed E-state index contributed by atoms with van der Waals surface area (Å²) in [6, 6.07) is 9.51. The molecular weight excluding hydrogens is 393 g/mol. The lowest BCUT2D eigenvalue weighted by Gasteiger charge is -2.21. The highest BCUT2D eigenvalue weighted by Crippen LogP contribution is 2.32. The van der Waals surface area contributed by atoms with Gasteiger partial charge in [-0.2, -0.15) is 0 Å². The lowest BCUT2D eigenvalue weighted by atomic mass is 10.1. The van der Waals surface area contributed by atoms with E-state index in [2.05, 4.69) is 9.88 Å². The van der Waals surface area contributed by atoms with Crippen molar-refractivity contribution in [3.63, 3.8) is 0 Å². The fourth-order valence-corrected chi connectivity index (χ4v) is 3.97. The molecule has 0 aliphatic rings. The molecular formula is C21H24FN3O3S. The van der Waals surface area contributed by atoms with Gasteiger partial charge in [-0.15, -0.1) is 0 Å². The van der Waals surface area contributed by atoms with Crippen LogP contribution in [0.1, 0.15) is 16.8 Å². The summed E-state index contributed by atoms with van der Waals surface area (Å²) in [5.74, 6) is 0.527. The van der Waals surface area contributed by atoms with Gasteiger partial charge < -0.3 is 14.4 Å². The molecule has 0 bridgehead atoms. The molecule has 0 aliphatic heterocycles. The van der Waals surface area contributed by atoms with E-state index < -0.39 is 0 Å². The quantitative estimate of drug-likeness (QED) is 0.553. The standard InChI is InChI=1S/C21H24FN3O3S/c1-24(2)10-5-11-25(21-23-16-8-7-15(22)13-19(16)29-21)20(26)14-6-9-17(27-3)18(12-14)28-4/h6-9,12-13H,5,10-11H2,1-4H3. The predicted molar refractivity (Wildman–Crippen MR) is 114 cm³/mol. The van der Waals surface area contributed by atoms with Crippen molar-refractivity contribution in [3.05, 3.63) is 47.8 Å². The van der Waals surface area contributed by atoms with Gasteiger partial charge in [0.15, 0.2) is 16.6 Å². The van der Waals surface area contributed by atoms with E-state index in [0.29, 0.717) is 39.0 Å². The molecule has 0 spiro atoms. The number of carbonyl (C=O) groups is 1. The van der Waals surface area contributed by atoms with E-state index in [0.717, 1.165) is 13.0 Å². The Morgan fingerprint density at radius 3 is 2.52 bits per heavy atom. The second kappa shape index (κ2) is 9.19. The molecule has 2 aromatic carbocycles. The number of thiazole rings is 1. The van der Waals surface area contributed by atoms with E-state index in [1.807, 2.05) is 14.1 Å². The molecule has 0 saturated heterocycles. The molecule has 1 amide bonds. The lowest BCUT2D eigenvalue weighted by Crippen LogP contribution is -2.33. The number of benzene rings is 2. The van der Waals surface area contributed by atoms with Gasteiger partial charge in [-0.1, -0.05) is 11.3 Å². The normalized spacial score (nSPS) is 11.1. The number of anilines is 1. The minimum atomic E-state index is -0.321. The van der Waals surface area contributed by atoms with Gasteiger partial charge in [0, 0.05) is 12.1 Å². The number of methoxy groups -OCH3 is 2. The molecule has 154 valence electrons. The first-order valence-electron chi connectivity index (χ1n) is 9.17. The average Bonchev–Trinajstić information content (AvgIpc) is 3.12.